The van der Waals surface area contributed by atoms with Crippen molar-refractivity contribution in [3.63, 3.8) is 0 Å². The van der Waals surface area contributed by atoms with Crippen molar-refractivity contribution in [1.82, 2.24) is 4.90 Å². The number of halogens is 1. The molecule has 1 saturated heterocycles. The minimum atomic E-state index is -1.06. The van der Waals surface area contributed by atoms with Crippen LogP contribution in [0.4, 0.5) is 20.6 Å². The van der Waals surface area contributed by atoms with Crippen LogP contribution in [-0.4, -0.2) is 42.0 Å². The molecule has 0 bridgehead atoms. The second-order valence-electron chi connectivity index (χ2n) is 7.11. The van der Waals surface area contributed by atoms with Crippen molar-refractivity contribution < 1.29 is 23.5 Å². The van der Waals surface area contributed by atoms with Gasteiger partial charge in [-0.2, -0.15) is 0 Å². The Balaban J connectivity index is 1.45. The topological polar surface area (TPSA) is 87.7 Å². The number of benzene rings is 2. The summed E-state index contributed by atoms with van der Waals surface area (Å²) in [4.78, 5) is 38.6. The number of urea groups is 1. The molecule has 0 aliphatic carbocycles. The molecule has 3 rings (SSSR count). The first-order chi connectivity index (χ1) is 14.4. The molecule has 0 spiro atoms. The van der Waals surface area contributed by atoms with Gasteiger partial charge in [0, 0.05) is 18.8 Å². The zero-order chi connectivity index (χ0) is 21.5. The molecule has 1 aliphatic rings. The lowest BCUT2D eigenvalue weighted by atomic mass is 9.97. The first kappa shape index (κ1) is 21.3. The summed E-state index contributed by atoms with van der Waals surface area (Å²) in [5.41, 5.74) is 0.738. The molecule has 1 atom stereocenters. The number of likely N-dealkylation sites (tertiary alicyclic amines) is 1. The Morgan fingerprint density at radius 3 is 2.30 bits per heavy atom. The van der Waals surface area contributed by atoms with Crippen LogP contribution in [0.25, 0.3) is 0 Å². The van der Waals surface area contributed by atoms with E-state index in [9.17, 15) is 18.8 Å². The van der Waals surface area contributed by atoms with Gasteiger partial charge in [-0.15, -0.1) is 0 Å². The van der Waals surface area contributed by atoms with E-state index in [1.54, 1.807) is 23.1 Å². The Morgan fingerprint density at radius 2 is 1.63 bits per heavy atom. The van der Waals surface area contributed by atoms with Gasteiger partial charge >= 0.3 is 12.0 Å². The zero-order valence-corrected chi connectivity index (χ0v) is 16.6. The lowest BCUT2D eigenvalue weighted by molar-refractivity contribution is -0.158. The first-order valence-corrected chi connectivity index (χ1v) is 9.81. The molecule has 2 aromatic rings. The summed E-state index contributed by atoms with van der Waals surface area (Å²) in [5, 5.41) is 5.23. The molecule has 1 fully saturated rings. The smallest absolute Gasteiger partial charge is 0.321 e. The van der Waals surface area contributed by atoms with Gasteiger partial charge in [-0.05, 0) is 44.0 Å². The van der Waals surface area contributed by atoms with Gasteiger partial charge in [0.05, 0.1) is 11.6 Å². The molecule has 0 radical (unpaired) electrons. The Morgan fingerprint density at radius 1 is 1.00 bits per heavy atom. The molecule has 7 nitrogen and oxygen atoms in total. The minimum Gasteiger partial charge on any atom is -0.452 e. The van der Waals surface area contributed by atoms with E-state index in [0.717, 1.165) is 0 Å². The van der Waals surface area contributed by atoms with Crippen LogP contribution in [0.2, 0.25) is 0 Å². The first-order valence-electron chi connectivity index (χ1n) is 9.81. The van der Waals surface area contributed by atoms with Crippen molar-refractivity contribution in [2.45, 2.75) is 25.9 Å². The fraction of sp³-hybridized carbons (Fsp3) is 0.318. The van der Waals surface area contributed by atoms with Crippen molar-refractivity contribution in [2.75, 3.05) is 23.7 Å². The fourth-order valence-corrected chi connectivity index (χ4v) is 3.16. The summed E-state index contributed by atoms with van der Waals surface area (Å²) in [6.45, 7) is 2.26. The van der Waals surface area contributed by atoms with Gasteiger partial charge in [-0.1, -0.05) is 30.3 Å². The molecule has 1 aliphatic heterocycles. The molecule has 0 aromatic heterocycles. The number of nitrogens with one attached hydrogen (secondary N) is 2. The number of carbonyl (C=O) groups is 3. The second kappa shape index (κ2) is 9.87. The zero-order valence-electron chi connectivity index (χ0n) is 16.6. The number of esters is 1. The van der Waals surface area contributed by atoms with Gasteiger partial charge in [-0.25, -0.2) is 9.18 Å². The maximum absolute atomic E-state index is 13.6. The van der Waals surface area contributed by atoms with E-state index in [0.29, 0.717) is 31.6 Å². The number of nitrogens with zero attached hydrogens (tertiary/aromatic N) is 1. The number of para-hydroxylation sites is 2. The summed E-state index contributed by atoms with van der Waals surface area (Å²) in [5.74, 6) is -2.05. The van der Waals surface area contributed by atoms with Crippen LogP contribution >= 0.6 is 0 Å². The highest BCUT2D eigenvalue weighted by molar-refractivity contribution is 5.95. The van der Waals surface area contributed by atoms with E-state index in [2.05, 4.69) is 10.6 Å². The summed E-state index contributed by atoms with van der Waals surface area (Å²) in [6, 6.07) is 14.7. The van der Waals surface area contributed by atoms with Crippen molar-refractivity contribution in [2.24, 2.45) is 5.92 Å². The number of carbonyl (C=O) groups excluding carboxylic acids is 3. The van der Waals surface area contributed by atoms with Crippen LogP contribution in [0.1, 0.15) is 19.8 Å². The third-order valence-electron chi connectivity index (χ3n) is 4.93. The third-order valence-corrected chi connectivity index (χ3v) is 4.93. The quantitative estimate of drug-likeness (QED) is 0.733. The number of ether oxygens (including phenoxy) is 1. The van der Waals surface area contributed by atoms with Crippen LogP contribution in [0.5, 0.6) is 0 Å². The van der Waals surface area contributed by atoms with E-state index in [1.807, 2.05) is 18.2 Å². The van der Waals surface area contributed by atoms with Crippen molar-refractivity contribution in [3.8, 4) is 0 Å². The molecule has 8 heteroatoms. The normalized spacial score (nSPS) is 15.2. The third kappa shape index (κ3) is 5.56. The summed E-state index contributed by atoms with van der Waals surface area (Å²) in [7, 11) is 0. The molecule has 30 heavy (non-hydrogen) atoms. The van der Waals surface area contributed by atoms with Crippen LogP contribution in [0.3, 0.4) is 0 Å². The van der Waals surface area contributed by atoms with Gasteiger partial charge in [0.2, 0.25) is 0 Å². The summed E-state index contributed by atoms with van der Waals surface area (Å²) < 4.78 is 18.9. The average Bonchev–Trinajstić information content (AvgIpc) is 2.76. The minimum absolute atomic E-state index is 0.0307. The van der Waals surface area contributed by atoms with Crippen molar-refractivity contribution in [3.05, 3.63) is 60.4 Å². The van der Waals surface area contributed by atoms with E-state index in [4.69, 9.17) is 4.74 Å². The summed E-state index contributed by atoms with van der Waals surface area (Å²) in [6.07, 6.45) is -0.165. The largest absolute Gasteiger partial charge is 0.452 e. The van der Waals surface area contributed by atoms with E-state index in [1.165, 1.54) is 25.1 Å². The molecular weight excluding hydrogens is 389 g/mol. The fourth-order valence-electron chi connectivity index (χ4n) is 3.16. The van der Waals surface area contributed by atoms with Gasteiger partial charge in [-0.3, -0.25) is 9.59 Å². The van der Waals surface area contributed by atoms with Gasteiger partial charge in [0.1, 0.15) is 5.82 Å². The maximum atomic E-state index is 13.6. The number of hydrogen-bond donors (Lipinski definition) is 2. The molecule has 2 aromatic carbocycles. The molecule has 1 heterocycles. The molecule has 158 valence electrons. The second-order valence-corrected chi connectivity index (χ2v) is 7.11. The molecule has 2 N–H and O–H groups in total. The van der Waals surface area contributed by atoms with Crippen molar-refractivity contribution in [1.29, 1.82) is 0 Å². The van der Waals surface area contributed by atoms with Gasteiger partial charge in [0.25, 0.3) is 5.91 Å². The van der Waals surface area contributed by atoms with Gasteiger partial charge in [0.15, 0.2) is 6.10 Å². The monoisotopic (exact) mass is 413 g/mol. The molecule has 3 amide bonds. The number of anilines is 2. The Kier molecular flexibility index (Phi) is 7.00. The Bertz CT molecular complexity index is 898. The predicted molar refractivity (Wildman–Crippen MR) is 110 cm³/mol. The molecule has 0 unspecified atom stereocenters. The highest BCUT2D eigenvalue weighted by Crippen LogP contribution is 2.21. The number of amides is 3. The molecule has 0 saturated carbocycles. The lowest BCUT2D eigenvalue weighted by Gasteiger charge is -2.31. The van der Waals surface area contributed by atoms with E-state index in [-0.39, 0.29) is 11.7 Å². The van der Waals surface area contributed by atoms with E-state index < -0.39 is 29.7 Å². The highest BCUT2D eigenvalue weighted by atomic mass is 19.1. The Labute approximate surface area is 174 Å². The van der Waals surface area contributed by atoms with Crippen LogP contribution in [0.15, 0.2) is 54.6 Å². The maximum Gasteiger partial charge on any atom is 0.321 e. The van der Waals surface area contributed by atoms with Crippen LogP contribution in [-0.2, 0) is 14.3 Å². The number of rotatable bonds is 5. The van der Waals surface area contributed by atoms with Gasteiger partial charge < -0.3 is 20.3 Å². The predicted octanol–water partition coefficient (Wildman–Crippen LogP) is 3.64. The van der Waals surface area contributed by atoms with Crippen LogP contribution in [0, 0.1) is 11.7 Å². The number of hydrogen-bond acceptors (Lipinski definition) is 4. The average molecular weight is 413 g/mol. The Hall–Kier alpha value is -3.42. The summed E-state index contributed by atoms with van der Waals surface area (Å²) >= 11 is 0. The standard InChI is InChI=1S/C22H24FN3O4/c1-15(20(27)25-19-10-6-5-9-18(19)23)30-21(28)16-11-13-26(14-12-16)22(29)24-17-7-3-2-4-8-17/h2-10,15-16H,11-14H2,1H3,(H,24,29)(H,25,27)/t15-/m1/s1. The SMILES string of the molecule is C[C@@H](OC(=O)C1CCN(C(=O)Nc2ccccc2)CC1)C(=O)Nc1ccccc1F. The van der Waals surface area contributed by atoms with E-state index >= 15 is 0 Å². The highest BCUT2D eigenvalue weighted by Gasteiger charge is 2.30. The van der Waals surface area contributed by atoms with Crippen molar-refractivity contribution >= 4 is 29.3 Å². The number of piperidine rings is 1. The lowest BCUT2D eigenvalue weighted by Crippen LogP contribution is -2.43. The van der Waals surface area contributed by atoms with Crippen LogP contribution < -0.4 is 10.6 Å². The molecular formula is C22H24FN3O4.